The van der Waals surface area contributed by atoms with Crippen molar-refractivity contribution in [1.82, 2.24) is 14.7 Å². The van der Waals surface area contributed by atoms with E-state index in [1.807, 2.05) is 11.9 Å². The second-order valence-corrected chi connectivity index (χ2v) is 8.73. The van der Waals surface area contributed by atoms with Crippen LogP contribution in [0.2, 0.25) is 0 Å². The van der Waals surface area contributed by atoms with Gasteiger partial charge in [0.1, 0.15) is 0 Å². The molecule has 0 spiro atoms. The summed E-state index contributed by atoms with van der Waals surface area (Å²) >= 11 is 0. The predicted molar refractivity (Wildman–Crippen MR) is 110 cm³/mol. The minimum atomic E-state index is 0.173. The lowest BCUT2D eigenvalue weighted by molar-refractivity contribution is -0.135. The fourth-order valence-electron chi connectivity index (χ4n) is 5.48. The molecule has 3 atom stereocenters. The number of fused-ring (bicyclic) bond motifs is 1. The van der Waals surface area contributed by atoms with Gasteiger partial charge in [-0.15, -0.1) is 0 Å². The Morgan fingerprint density at radius 2 is 1.78 bits per heavy atom. The summed E-state index contributed by atoms with van der Waals surface area (Å²) in [5.74, 6) is 0.548. The summed E-state index contributed by atoms with van der Waals surface area (Å²) in [6.45, 7) is 5.46. The van der Waals surface area contributed by atoms with Crippen LogP contribution in [-0.4, -0.2) is 66.4 Å². The zero-order chi connectivity index (χ0) is 18.6. The van der Waals surface area contributed by atoms with E-state index >= 15 is 0 Å². The van der Waals surface area contributed by atoms with Crippen LogP contribution >= 0.6 is 0 Å². The Morgan fingerprint density at radius 3 is 2.52 bits per heavy atom. The van der Waals surface area contributed by atoms with Crippen LogP contribution in [0.4, 0.5) is 0 Å². The molecule has 4 nitrogen and oxygen atoms in total. The van der Waals surface area contributed by atoms with E-state index in [4.69, 9.17) is 0 Å². The van der Waals surface area contributed by atoms with Crippen LogP contribution in [0.15, 0.2) is 30.3 Å². The van der Waals surface area contributed by atoms with Crippen molar-refractivity contribution in [2.45, 2.75) is 57.0 Å². The lowest BCUT2D eigenvalue weighted by Gasteiger charge is -2.28. The predicted octanol–water partition coefficient (Wildman–Crippen LogP) is 3.55. The normalized spacial score (nSPS) is 29.4. The maximum atomic E-state index is 13.3. The van der Waals surface area contributed by atoms with Crippen LogP contribution in [0.5, 0.6) is 0 Å². The first kappa shape index (κ1) is 18.9. The number of likely N-dealkylation sites (tertiary alicyclic amines) is 1. The fraction of sp³-hybridized carbons (Fsp3) is 0.696. The standard InChI is InChI=1S/C23H35N3O/c1-24(16-17-25-13-7-2-3-8-14-25)23(27)20-18-22(19-10-5-4-6-11-19)26-15-9-12-21(20)26/h4-6,10-11,20-22H,2-3,7-9,12-18H2,1H3/t20-,21+,22-/m0/s1. The molecule has 3 fully saturated rings. The molecule has 27 heavy (non-hydrogen) atoms. The van der Waals surface area contributed by atoms with Gasteiger partial charge in [0.05, 0.1) is 5.92 Å². The highest BCUT2D eigenvalue weighted by molar-refractivity contribution is 5.80. The molecule has 0 bridgehead atoms. The molecule has 148 valence electrons. The van der Waals surface area contributed by atoms with Crippen LogP contribution in [0.3, 0.4) is 0 Å². The molecular formula is C23H35N3O. The van der Waals surface area contributed by atoms with Crippen molar-refractivity contribution >= 4 is 5.91 Å². The molecule has 0 radical (unpaired) electrons. The first-order valence-corrected chi connectivity index (χ1v) is 11.0. The van der Waals surface area contributed by atoms with Gasteiger partial charge < -0.3 is 9.80 Å². The third-order valence-electron chi connectivity index (χ3n) is 7.01. The monoisotopic (exact) mass is 369 g/mol. The smallest absolute Gasteiger partial charge is 0.227 e. The number of nitrogens with zero attached hydrogens (tertiary/aromatic N) is 3. The topological polar surface area (TPSA) is 26.8 Å². The van der Waals surface area contributed by atoms with Gasteiger partial charge in [-0.3, -0.25) is 9.69 Å². The Hall–Kier alpha value is -1.39. The van der Waals surface area contributed by atoms with Crippen LogP contribution < -0.4 is 0 Å². The summed E-state index contributed by atoms with van der Waals surface area (Å²) in [7, 11) is 2.02. The van der Waals surface area contributed by atoms with E-state index in [1.54, 1.807) is 0 Å². The van der Waals surface area contributed by atoms with Crippen molar-refractivity contribution in [3.05, 3.63) is 35.9 Å². The minimum Gasteiger partial charge on any atom is -0.344 e. The molecule has 0 aromatic heterocycles. The number of amides is 1. The molecule has 0 saturated carbocycles. The van der Waals surface area contributed by atoms with E-state index in [9.17, 15) is 4.79 Å². The highest BCUT2D eigenvalue weighted by Crippen LogP contribution is 2.45. The molecule has 1 aromatic carbocycles. The Labute approximate surface area is 164 Å². The Morgan fingerprint density at radius 1 is 1.04 bits per heavy atom. The fourth-order valence-corrected chi connectivity index (χ4v) is 5.48. The van der Waals surface area contributed by atoms with E-state index in [0.717, 1.165) is 26.1 Å². The van der Waals surface area contributed by atoms with Crippen LogP contribution in [-0.2, 0) is 4.79 Å². The summed E-state index contributed by atoms with van der Waals surface area (Å²) in [6.07, 6.45) is 8.76. The van der Waals surface area contributed by atoms with Gasteiger partial charge in [0.15, 0.2) is 0 Å². The van der Waals surface area contributed by atoms with Gasteiger partial charge in [0.2, 0.25) is 5.91 Å². The highest BCUT2D eigenvalue weighted by Gasteiger charge is 2.47. The molecule has 3 saturated heterocycles. The summed E-state index contributed by atoms with van der Waals surface area (Å²) in [4.78, 5) is 20.5. The maximum Gasteiger partial charge on any atom is 0.227 e. The molecule has 3 aliphatic heterocycles. The zero-order valence-electron chi connectivity index (χ0n) is 16.9. The largest absolute Gasteiger partial charge is 0.344 e. The minimum absolute atomic E-state index is 0.173. The van der Waals surface area contributed by atoms with Gasteiger partial charge in [-0.1, -0.05) is 43.2 Å². The number of carbonyl (C=O) groups is 1. The molecule has 1 amide bonds. The van der Waals surface area contributed by atoms with Crippen molar-refractivity contribution in [2.75, 3.05) is 39.8 Å². The second kappa shape index (κ2) is 8.74. The van der Waals surface area contributed by atoms with Crippen molar-refractivity contribution in [3.8, 4) is 0 Å². The van der Waals surface area contributed by atoms with Gasteiger partial charge >= 0.3 is 0 Å². The lowest BCUT2D eigenvalue weighted by atomic mass is 9.93. The quantitative estimate of drug-likeness (QED) is 0.794. The third kappa shape index (κ3) is 4.22. The molecule has 4 heteroatoms. The summed E-state index contributed by atoms with van der Waals surface area (Å²) in [5, 5.41) is 0. The van der Waals surface area contributed by atoms with Crippen LogP contribution in [0, 0.1) is 5.92 Å². The number of benzene rings is 1. The summed E-state index contributed by atoms with van der Waals surface area (Å²) < 4.78 is 0. The number of carbonyl (C=O) groups excluding carboxylic acids is 1. The summed E-state index contributed by atoms with van der Waals surface area (Å²) in [6, 6.07) is 11.7. The van der Waals surface area contributed by atoms with Gasteiger partial charge in [0.25, 0.3) is 0 Å². The zero-order valence-corrected chi connectivity index (χ0v) is 16.9. The molecule has 4 rings (SSSR count). The molecule has 0 unspecified atom stereocenters. The third-order valence-corrected chi connectivity index (χ3v) is 7.01. The van der Waals surface area contributed by atoms with E-state index < -0.39 is 0 Å². The number of hydrogen-bond donors (Lipinski definition) is 0. The van der Waals surface area contributed by atoms with Gasteiger partial charge in [0, 0.05) is 32.2 Å². The Kier molecular flexibility index (Phi) is 6.14. The number of rotatable bonds is 5. The van der Waals surface area contributed by atoms with Crippen LogP contribution in [0.25, 0.3) is 0 Å². The average molecular weight is 370 g/mol. The Bertz CT molecular complexity index is 611. The SMILES string of the molecule is CN(CCN1CCCCCC1)C(=O)[C@H]1C[C@@H](c2ccccc2)N2CCC[C@H]12. The molecule has 3 aliphatic rings. The van der Waals surface area contributed by atoms with E-state index in [0.29, 0.717) is 18.0 Å². The molecule has 1 aromatic rings. The van der Waals surface area contributed by atoms with Crippen molar-refractivity contribution < 1.29 is 4.79 Å². The van der Waals surface area contributed by atoms with E-state index in [-0.39, 0.29) is 5.92 Å². The average Bonchev–Trinajstić information content (AvgIpc) is 3.21. The maximum absolute atomic E-state index is 13.3. The van der Waals surface area contributed by atoms with E-state index in [2.05, 4.69) is 40.1 Å². The van der Waals surface area contributed by atoms with Gasteiger partial charge in [-0.25, -0.2) is 0 Å². The van der Waals surface area contributed by atoms with Crippen molar-refractivity contribution in [1.29, 1.82) is 0 Å². The summed E-state index contributed by atoms with van der Waals surface area (Å²) in [5.41, 5.74) is 1.38. The number of likely N-dealkylation sites (N-methyl/N-ethyl adjacent to an activating group) is 1. The number of hydrogen-bond acceptors (Lipinski definition) is 3. The lowest BCUT2D eigenvalue weighted by Crippen LogP contribution is -2.42. The van der Waals surface area contributed by atoms with Crippen LogP contribution in [0.1, 0.15) is 56.6 Å². The molecule has 0 N–H and O–H groups in total. The first-order chi connectivity index (χ1) is 13.2. The second-order valence-electron chi connectivity index (χ2n) is 8.73. The Balaban J connectivity index is 1.37. The first-order valence-electron chi connectivity index (χ1n) is 11.0. The van der Waals surface area contributed by atoms with Gasteiger partial charge in [-0.2, -0.15) is 0 Å². The molecular weight excluding hydrogens is 334 g/mol. The highest BCUT2D eigenvalue weighted by atomic mass is 16.2. The van der Waals surface area contributed by atoms with Crippen molar-refractivity contribution in [3.63, 3.8) is 0 Å². The van der Waals surface area contributed by atoms with Crippen molar-refractivity contribution in [2.24, 2.45) is 5.92 Å². The molecule has 3 heterocycles. The molecule has 0 aliphatic carbocycles. The van der Waals surface area contributed by atoms with Gasteiger partial charge in [-0.05, 0) is 57.3 Å². The van der Waals surface area contributed by atoms with E-state index in [1.165, 1.54) is 57.2 Å².